The molecule has 0 radical (unpaired) electrons. The number of non-ortho nitro benzene ring substituents is 1. The molecule has 0 saturated carbocycles. The van der Waals surface area contributed by atoms with Gasteiger partial charge in [0.1, 0.15) is 0 Å². The topological polar surface area (TPSA) is 60.2 Å². The van der Waals surface area contributed by atoms with E-state index in [0.29, 0.717) is 5.56 Å². The first-order valence-electron chi connectivity index (χ1n) is 6.16. The van der Waals surface area contributed by atoms with Crippen molar-refractivity contribution in [1.82, 2.24) is 0 Å². The molecule has 0 aliphatic rings. The van der Waals surface area contributed by atoms with Gasteiger partial charge in [0.05, 0.1) is 4.92 Å². The Morgan fingerprint density at radius 2 is 1.70 bits per heavy atom. The lowest BCUT2D eigenvalue weighted by Gasteiger charge is -1.97. The van der Waals surface area contributed by atoms with Crippen LogP contribution in [-0.2, 0) is 0 Å². The van der Waals surface area contributed by atoms with E-state index in [9.17, 15) is 14.9 Å². The Morgan fingerprint density at radius 3 is 2.30 bits per heavy atom. The summed E-state index contributed by atoms with van der Waals surface area (Å²) in [6.45, 7) is 0. The van der Waals surface area contributed by atoms with Gasteiger partial charge in [-0.05, 0) is 17.7 Å². The predicted molar refractivity (Wildman–Crippen MR) is 77.5 cm³/mol. The van der Waals surface area contributed by atoms with Crippen LogP contribution >= 0.6 is 0 Å². The number of ketones is 1. The van der Waals surface area contributed by atoms with E-state index in [1.165, 1.54) is 24.3 Å². The molecule has 0 N–H and O–H groups in total. The van der Waals surface area contributed by atoms with Crippen molar-refractivity contribution in [3.05, 3.63) is 81.9 Å². The highest BCUT2D eigenvalue weighted by Gasteiger charge is 2.07. The molecule has 0 unspecified atom stereocenters. The average Bonchev–Trinajstić information content (AvgIpc) is 2.48. The summed E-state index contributed by atoms with van der Waals surface area (Å²) >= 11 is 0. The van der Waals surface area contributed by atoms with Crippen LogP contribution in [0.25, 0.3) is 6.08 Å². The van der Waals surface area contributed by atoms with E-state index in [4.69, 9.17) is 0 Å². The smallest absolute Gasteiger partial charge is 0.269 e. The van der Waals surface area contributed by atoms with Gasteiger partial charge in [-0.2, -0.15) is 0 Å². The highest BCUT2D eigenvalue weighted by molar-refractivity contribution is 5.97. The fourth-order valence-corrected chi connectivity index (χ4v) is 1.75. The summed E-state index contributed by atoms with van der Waals surface area (Å²) in [5.74, 6) is -0.0629. The molecule has 0 atom stereocenters. The second-order valence-corrected chi connectivity index (χ2v) is 4.24. The summed E-state index contributed by atoms with van der Waals surface area (Å²) in [5.41, 5.74) is 1.50. The normalized spacial score (nSPS) is 10.6. The van der Waals surface area contributed by atoms with E-state index >= 15 is 0 Å². The first kappa shape index (κ1) is 13.7. The summed E-state index contributed by atoms with van der Waals surface area (Å²) < 4.78 is 0. The minimum atomic E-state index is -0.483. The fourth-order valence-electron chi connectivity index (χ4n) is 1.75. The Balaban J connectivity index is 1.98. The summed E-state index contributed by atoms with van der Waals surface area (Å²) in [6, 6.07) is 15.3. The number of rotatable bonds is 5. The van der Waals surface area contributed by atoms with Crippen LogP contribution in [-0.4, -0.2) is 10.7 Å². The second kappa shape index (κ2) is 6.43. The van der Waals surface area contributed by atoms with Crippen LogP contribution in [0, 0.1) is 10.1 Å². The van der Waals surface area contributed by atoms with E-state index in [1.54, 1.807) is 6.08 Å². The summed E-state index contributed by atoms with van der Waals surface area (Å²) in [4.78, 5) is 21.9. The van der Waals surface area contributed by atoms with Crippen molar-refractivity contribution in [2.24, 2.45) is 0 Å². The number of hydrogen-bond acceptors (Lipinski definition) is 3. The van der Waals surface area contributed by atoms with Gasteiger partial charge in [-0.15, -0.1) is 0 Å². The molecule has 20 heavy (non-hydrogen) atoms. The lowest BCUT2D eigenvalue weighted by atomic mass is 10.1. The van der Waals surface area contributed by atoms with Crippen LogP contribution in [0.15, 0.2) is 60.7 Å². The van der Waals surface area contributed by atoms with Crippen molar-refractivity contribution in [2.45, 2.75) is 6.42 Å². The van der Waals surface area contributed by atoms with E-state index in [2.05, 4.69) is 0 Å². The Labute approximate surface area is 116 Å². The third-order valence-corrected chi connectivity index (χ3v) is 2.81. The molecule has 2 aromatic carbocycles. The minimum Gasteiger partial charge on any atom is -0.294 e. The lowest BCUT2D eigenvalue weighted by molar-refractivity contribution is -0.384. The number of hydrogen-bond donors (Lipinski definition) is 0. The quantitative estimate of drug-likeness (QED) is 0.469. The van der Waals surface area contributed by atoms with Crippen molar-refractivity contribution >= 4 is 17.5 Å². The molecule has 0 amide bonds. The maximum absolute atomic E-state index is 11.9. The van der Waals surface area contributed by atoms with Gasteiger partial charge in [0.2, 0.25) is 0 Å². The molecule has 2 rings (SSSR count). The first-order chi connectivity index (χ1) is 9.66. The van der Waals surface area contributed by atoms with Gasteiger partial charge < -0.3 is 0 Å². The molecule has 100 valence electrons. The molecule has 4 nitrogen and oxygen atoms in total. The highest BCUT2D eigenvalue weighted by atomic mass is 16.6. The van der Waals surface area contributed by atoms with Gasteiger partial charge in [0.25, 0.3) is 5.69 Å². The number of carbonyl (C=O) groups is 1. The average molecular weight is 267 g/mol. The maximum Gasteiger partial charge on any atom is 0.269 e. The molecule has 0 aromatic heterocycles. The van der Waals surface area contributed by atoms with Crippen LogP contribution in [0.5, 0.6) is 0 Å². The van der Waals surface area contributed by atoms with Gasteiger partial charge in [0, 0.05) is 24.1 Å². The minimum absolute atomic E-state index is 0.0126. The molecule has 0 saturated heterocycles. The molecule has 2 aromatic rings. The van der Waals surface area contributed by atoms with Gasteiger partial charge in [-0.1, -0.05) is 42.5 Å². The van der Waals surface area contributed by atoms with E-state index < -0.39 is 4.92 Å². The standard InChI is InChI=1S/C16H13NO3/c18-16(8-4-7-13-5-2-1-3-6-13)14-9-11-15(12-10-14)17(19)20/h1-7,9-12H,8H2/b7-4-. The number of carbonyl (C=O) groups excluding carboxylic acids is 1. The lowest BCUT2D eigenvalue weighted by Crippen LogP contribution is -1.97. The van der Waals surface area contributed by atoms with Crippen molar-refractivity contribution in [3.63, 3.8) is 0 Å². The number of nitrogens with zero attached hydrogens (tertiary/aromatic N) is 1. The molecule has 4 heteroatoms. The third kappa shape index (κ3) is 3.62. The zero-order valence-electron chi connectivity index (χ0n) is 10.7. The third-order valence-electron chi connectivity index (χ3n) is 2.81. The Hall–Kier alpha value is -2.75. The molecule has 0 heterocycles. The van der Waals surface area contributed by atoms with Crippen molar-refractivity contribution in [3.8, 4) is 0 Å². The molecular formula is C16H13NO3. The maximum atomic E-state index is 11.9. The van der Waals surface area contributed by atoms with Gasteiger partial charge in [-0.3, -0.25) is 14.9 Å². The van der Waals surface area contributed by atoms with Gasteiger partial charge >= 0.3 is 0 Å². The van der Waals surface area contributed by atoms with Crippen molar-refractivity contribution in [2.75, 3.05) is 0 Å². The van der Waals surface area contributed by atoms with Crippen LogP contribution < -0.4 is 0 Å². The number of allylic oxidation sites excluding steroid dienone is 1. The van der Waals surface area contributed by atoms with Crippen LogP contribution in [0.2, 0.25) is 0 Å². The SMILES string of the molecule is O=C(C/C=C\c1ccccc1)c1ccc([N+](=O)[O-])cc1. The first-order valence-corrected chi connectivity index (χ1v) is 6.16. The molecule has 0 spiro atoms. The Morgan fingerprint density at radius 1 is 1.05 bits per heavy atom. The number of nitro groups is 1. The van der Waals surface area contributed by atoms with Crippen molar-refractivity contribution in [1.29, 1.82) is 0 Å². The van der Waals surface area contributed by atoms with E-state index in [1.807, 2.05) is 36.4 Å². The zero-order chi connectivity index (χ0) is 14.4. The Bertz CT molecular complexity index is 631. The monoisotopic (exact) mass is 267 g/mol. The summed E-state index contributed by atoms with van der Waals surface area (Å²) in [7, 11) is 0. The summed E-state index contributed by atoms with van der Waals surface area (Å²) in [5, 5.41) is 10.5. The van der Waals surface area contributed by atoms with Crippen LogP contribution in [0.4, 0.5) is 5.69 Å². The largest absolute Gasteiger partial charge is 0.294 e. The van der Waals surface area contributed by atoms with Gasteiger partial charge in [0.15, 0.2) is 5.78 Å². The fraction of sp³-hybridized carbons (Fsp3) is 0.0625. The Kier molecular flexibility index (Phi) is 4.39. The van der Waals surface area contributed by atoms with Crippen molar-refractivity contribution < 1.29 is 9.72 Å². The zero-order valence-corrected chi connectivity index (χ0v) is 10.7. The molecule has 0 fully saturated rings. The number of benzene rings is 2. The predicted octanol–water partition coefficient (Wildman–Crippen LogP) is 3.88. The van der Waals surface area contributed by atoms with Gasteiger partial charge in [-0.25, -0.2) is 0 Å². The molecule has 0 bridgehead atoms. The molecular weight excluding hydrogens is 254 g/mol. The molecule has 0 aliphatic heterocycles. The van der Waals surface area contributed by atoms with E-state index in [0.717, 1.165) is 5.56 Å². The second-order valence-electron chi connectivity index (χ2n) is 4.24. The van der Waals surface area contributed by atoms with Crippen LogP contribution in [0.1, 0.15) is 22.3 Å². The highest BCUT2D eigenvalue weighted by Crippen LogP contribution is 2.13. The van der Waals surface area contributed by atoms with E-state index in [-0.39, 0.29) is 17.9 Å². The molecule has 0 aliphatic carbocycles. The number of nitro benzene ring substituents is 1. The van der Waals surface area contributed by atoms with Crippen LogP contribution in [0.3, 0.4) is 0 Å². The number of Topliss-reactive ketones (excluding diaryl/α,β-unsaturated/α-hetero) is 1. The summed E-state index contributed by atoms with van der Waals surface area (Å²) in [6.07, 6.45) is 3.94.